The zero-order valence-electron chi connectivity index (χ0n) is 9.12. The van der Waals surface area contributed by atoms with Crippen LogP contribution in [0.2, 0.25) is 0 Å². The Balaban J connectivity index is 2.96. The van der Waals surface area contributed by atoms with Crippen molar-refractivity contribution in [1.82, 2.24) is 0 Å². The Morgan fingerprint density at radius 1 is 1.36 bits per heavy atom. The largest absolute Gasteiger partial charge is 0.398 e. The standard InChI is InChI=1S/C12H18N2/c1-4-14-9-10-5-7-12(2,3)8-6-11(10)13/h5-9H,4,13H2,1-3H3. The van der Waals surface area contributed by atoms with E-state index in [0.29, 0.717) is 0 Å². The van der Waals surface area contributed by atoms with Gasteiger partial charge in [0.1, 0.15) is 0 Å². The zero-order chi connectivity index (χ0) is 10.6. The summed E-state index contributed by atoms with van der Waals surface area (Å²) in [5, 5.41) is 0. The Bertz CT molecular complexity index is 317. The second-order valence-electron chi connectivity index (χ2n) is 4.03. The van der Waals surface area contributed by atoms with E-state index in [2.05, 4.69) is 31.0 Å². The van der Waals surface area contributed by atoms with Crippen LogP contribution in [0.1, 0.15) is 20.8 Å². The van der Waals surface area contributed by atoms with E-state index in [1.807, 2.05) is 25.3 Å². The third-order valence-corrected chi connectivity index (χ3v) is 2.13. The molecule has 0 saturated carbocycles. The SMILES string of the molecule is CCN=CC1=C(N)C=CC(C)(C)C=C1. The van der Waals surface area contributed by atoms with Crippen LogP contribution in [0.5, 0.6) is 0 Å². The molecule has 0 heterocycles. The minimum Gasteiger partial charge on any atom is -0.398 e. The molecule has 0 saturated heterocycles. The van der Waals surface area contributed by atoms with Gasteiger partial charge in [-0.15, -0.1) is 0 Å². The number of hydrogen-bond acceptors (Lipinski definition) is 2. The van der Waals surface area contributed by atoms with Crippen LogP contribution in [0.4, 0.5) is 0 Å². The molecule has 14 heavy (non-hydrogen) atoms. The molecule has 2 N–H and O–H groups in total. The summed E-state index contributed by atoms with van der Waals surface area (Å²) >= 11 is 0. The van der Waals surface area contributed by atoms with E-state index in [1.165, 1.54) is 0 Å². The van der Waals surface area contributed by atoms with Gasteiger partial charge in [-0.05, 0) is 13.0 Å². The first-order valence-electron chi connectivity index (χ1n) is 4.93. The maximum Gasteiger partial charge on any atom is 0.0400 e. The lowest BCUT2D eigenvalue weighted by atomic mass is 9.93. The minimum atomic E-state index is 0.0758. The zero-order valence-corrected chi connectivity index (χ0v) is 9.12. The molecule has 76 valence electrons. The summed E-state index contributed by atoms with van der Waals surface area (Å²) in [6, 6.07) is 0. The van der Waals surface area contributed by atoms with Crippen LogP contribution < -0.4 is 5.73 Å². The molecule has 1 rings (SSSR count). The molecule has 0 amide bonds. The second-order valence-corrected chi connectivity index (χ2v) is 4.03. The van der Waals surface area contributed by atoms with Gasteiger partial charge in [-0.3, -0.25) is 4.99 Å². The highest BCUT2D eigenvalue weighted by molar-refractivity contribution is 5.84. The molecule has 0 aromatic rings. The first kappa shape index (κ1) is 10.8. The average Bonchev–Trinajstić information content (AvgIpc) is 2.25. The quantitative estimate of drug-likeness (QED) is 0.667. The predicted molar refractivity (Wildman–Crippen MR) is 62.3 cm³/mol. The fourth-order valence-electron chi connectivity index (χ4n) is 1.16. The average molecular weight is 190 g/mol. The third kappa shape index (κ3) is 2.87. The topological polar surface area (TPSA) is 38.4 Å². The van der Waals surface area contributed by atoms with E-state index in [4.69, 9.17) is 5.73 Å². The monoisotopic (exact) mass is 190 g/mol. The molecular formula is C12H18N2. The van der Waals surface area contributed by atoms with Gasteiger partial charge in [-0.25, -0.2) is 0 Å². The van der Waals surface area contributed by atoms with Gasteiger partial charge in [-0.1, -0.05) is 32.1 Å². The van der Waals surface area contributed by atoms with Crippen molar-refractivity contribution in [2.24, 2.45) is 16.1 Å². The summed E-state index contributed by atoms with van der Waals surface area (Å²) in [7, 11) is 0. The van der Waals surface area contributed by atoms with Gasteiger partial charge in [0.2, 0.25) is 0 Å². The van der Waals surface area contributed by atoms with Gasteiger partial charge >= 0.3 is 0 Å². The number of aliphatic imine (C=N–C) groups is 1. The molecule has 0 aromatic carbocycles. The van der Waals surface area contributed by atoms with E-state index in [-0.39, 0.29) is 5.41 Å². The van der Waals surface area contributed by atoms with Gasteiger partial charge < -0.3 is 5.73 Å². The van der Waals surface area contributed by atoms with Crippen molar-refractivity contribution >= 4 is 6.21 Å². The molecule has 2 nitrogen and oxygen atoms in total. The summed E-state index contributed by atoms with van der Waals surface area (Å²) < 4.78 is 0. The maximum absolute atomic E-state index is 5.89. The summed E-state index contributed by atoms with van der Waals surface area (Å²) in [4.78, 5) is 4.19. The van der Waals surface area contributed by atoms with Crippen LogP contribution in [-0.4, -0.2) is 12.8 Å². The first-order chi connectivity index (χ1) is 6.55. The molecule has 0 spiro atoms. The number of allylic oxidation sites excluding steroid dienone is 5. The van der Waals surface area contributed by atoms with Crippen molar-refractivity contribution in [3.63, 3.8) is 0 Å². The Morgan fingerprint density at radius 3 is 2.64 bits per heavy atom. The van der Waals surface area contributed by atoms with Gasteiger partial charge in [0, 0.05) is 29.4 Å². The van der Waals surface area contributed by atoms with Crippen molar-refractivity contribution in [3.05, 3.63) is 35.6 Å². The summed E-state index contributed by atoms with van der Waals surface area (Å²) in [5.41, 5.74) is 7.74. The van der Waals surface area contributed by atoms with Gasteiger partial charge in [-0.2, -0.15) is 0 Å². The smallest absolute Gasteiger partial charge is 0.0400 e. The molecule has 0 aromatic heterocycles. The van der Waals surface area contributed by atoms with E-state index >= 15 is 0 Å². The summed E-state index contributed by atoms with van der Waals surface area (Å²) in [5.74, 6) is 0. The predicted octanol–water partition coefficient (Wildman–Crippen LogP) is 2.44. The minimum absolute atomic E-state index is 0.0758. The normalized spacial score (nSPS) is 20.5. The highest BCUT2D eigenvalue weighted by Crippen LogP contribution is 2.23. The fraction of sp³-hybridized carbons (Fsp3) is 0.417. The lowest BCUT2D eigenvalue weighted by Crippen LogP contribution is -2.01. The van der Waals surface area contributed by atoms with E-state index < -0.39 is 0 Å². The van der Waals surface area contributed by atoms with E-state index in [0.717, 1.165) is 17.8 Å². The van der Waals surface area contributed by atoms with Gasteiger partial charge in [0.25, 0.3) is 0 Å². The summed E-state index contributed by atoms with van der Waals surface area (Å²) in [6.07, 6.45) is 10.1. The van der Waals surface area contributed by atoms with Crippen molar-refractivity contribution < 1.29 is 0 Å². The molecule has 0 radical (unpaired) electrons. The van der Waals surface area contributed by atoms with E-state index in [9.17, 15) is 0 Å². The lowest BCUT2D eigenvalue weighted by Gasteiger charge is -2.12. The van der Waals surface area contributed by atoms with Crippen LogP contribution >= 0.6 is 0 Å². The third-order valence-electron chi connectivity index (χ3n) is 2.13. The number of nitrogens with zero attached hydrogens (tertiary/aromatic N) is 1. The molecule has 0 bridgehead atoms. The first-order valence-corrected chi connectivity index (χ1v) is 4.93. The Kier molecular flexibility index (Phi) is 3.28. The van der Waals surface area contributed by atoms with Crippen LogP contribution in [0, 0.1) is 5.41 Å². The number of nitrogens with two attached hydrogens (primary N) is 1. The number of rotatable bonds is 2. The van der Waals surface area contributed by atoms with Crippen LogP contribution in [-0.2, 0) is 0 Å². The maximum atomic E-state index is 5.89. The molecule has 0 fully saturated rings. The Morgan fingerprint density at radius 2 is 2.00 bits per heavy atom. The summed E-state index contributed by atoms with van der Waals surface area (Å²) in [6.45, 7) is 7.09. The van der Waals surface area contributed by atoms with Crippen molar-refractivity contribution in [3.8, 4) is 0 Å². The molecule has 1 aliphatic rings. The highest BCUT2D eigenvalue weighted by atomic mass is 14.7. The van der Waals surface area contributed by atoms with Crippen molar-refractivity contribution in [1.29, 1.82) is 0 Å². The molecule has 0 aliphatic heterocycles. The Labute approximate surface area is 85.9 Å². The Hall–Kier alpha value is -1.31. The molecular weight excluding hydrogens is 172 g/mol. The number of hydrogen-bond donors (Lipinski definition) is 1. The van der Waals surface area contributed by atoms with Crippen molar-refractivity contribution in [2.75, 3.05) is 6.54 Å². The second kappa shape index (κ2) is 4.27. The fourth-order valence-corrected chi connectivity index (χ4v) is 1.16. The molecule has 0 unspecified atom stereocenters. The lowest BCUT2D eigenvalue weighted by molar-refractivity contribution is 0.627. The van der Waals surface area contributed by atoms with Crippen LogP contribution in [0.3, 0.4) is 0 Å². The highest BCUT2D eigenvalue weighted by Gasteiger charge is 2.11. The molecule has 0 atom stereocenters. The molecule has 1 aliphatic carbocycles. The van der Waals surface area contributed by atoms with Crippen molar-refractivity contribution in [2.45, 2.75) is 20.8 Å². The van der Waals surface area contributed by atoms with E-state index in [1.54, 1.807) is 0 Å². The van der Waals surface area contributed by atoms with Crippen LogP contribution in [0.25, 0.3) is 0 Å². The molecule has 2 heteroatoms. The van der Waals surface area contributed by atoms with Gasteiger partial charge in [0.15, 0.2) is 0 Å². The van der Waals surface area contributed by atoms with Crippen LogP contribution in [0.15, 0.2) is 40.6 Å². The van der Waals surface area contributed by atoms with Gasteiger partial charge in [0.05, 0.1) is 0 Å².